The average Bonchev–Trinajstić information content (AvgIpc) is 3.18. The van der Waals surface area contributed by atoms with Crippen molar-refractivity contribution in [2.75, 3.05) is 0 Å². The molecule has 4 fully saturated rings. The molecule has 0 aromatic carbocycles. The van der Waals surface area contributed by atoms with Gasteiger partial charge in [-0.2, -0.15) is 0 Å². The molecule has 2 bridgehead atoms. The molecule has 0 unspecified atom stereocenters. The van der Waals surface area contributed by atoms with Crippen molar-refractivity contribution in [2.24, 2.45) is 51.8 Å². The predicted molar refractivity (Wildman–Crippen MR) is 125 cm³/mol. The Morgan fingerprint density at radius 3 is 2.30 bits per heavy atom. The minimum Gasteiger partial charge on any atom is -0.457 e. The van der Waals surface area contributed by atoms with Crippen LogP contribution in [0.4, 0.5) is 0 Å². The van der Waals surface area contributed by atoms with E-state index < -0.39 is 46.9 Å². The Labute approximate surface area is 198 Å². The van der Waals surface area contributed by atoms with Crippen LogP contribution in [0.25, 0.3) is 0 Å². The third kappa shape index (κ3) is 3.03. The number of ether oxygens (including phenoxy) is 1. The molecule has 1 spiro atoms. The summed E-state index contributed by atoms with van der Waals surface area (Å²) in [6.45, 7) is 12.4. The van der Waals surface area contributed by atoms with Gasteiger partial charge in [-0.15, -0.1) is 0 Å². The fourth-order valence-electron chi connectivity index (χ4n) is 8.66. The Kier molecular flexibility index (Phi) is 5.28. The first-order valence-corrected chi connectivity index (χ1v) is 13.2. The number of carbonyl (C=O) groups is 2. The van der Waals surface area contributed by atoms with Crippen molar-refractivity contribution in [1.82, 2.24) is 0 Å². The molecule has 0 aromatic rings. The fraction of sp³-hybridized carbons (Fsp3) is 0.857. The van der Waals surface area contributed by atoms with Gasteiger partial charge in [0.05, 0.1) is 23.0 Å². The number of esters is 1. The van der Waals surface area contributed by atoms with E-state index >= 15 is 0 Å². The van der Waals surface area contributed by atoms with Gasteiger partial charge < -0.3 is 14.9 Å². The standard InChI is InChI=1S/C28H42O5/c1-14-13-28-15(2)12-17-19(26(17,4)5)18(24(28)31)21(29)16(3)22(30)20(28)23(14)33-25(32)27(6)10-8-7-9-11-27/h13,15-23,29-30H,7-12H2,1-6H3/t15-,16+,17-,18-,19-,20-,21-,22-,23+,28-/m1/s1. The van der Waals surface area contributed by atoms with E-state index in [1.165, 1.54) is 0 Å². The van der Waals surface area contributed by atoms with Crippen LogP contribution in [0.3, 0.4) is 0 Å². The van der Waals surface area contributed by atoms with E-state index in [1.807, 2.05) is 26.8 Å². The molecular formula is C28H42O5. The van der Waals surface area contributed by atoms with Gasteiger partial charge in [-0.05, 0) is 61.9 Å². The Bertz CT molecular complexity index is 883. The van der Waals surface area contributed by atoms with Crippen LogP contribution in [0, 0.1) is 51.8 Å². The lowest BCUT2D eigenvalue weighted by atomic mass is 9.62. The van der Waals surface area contributed by atoms with Crippen LogP contribution in [0.5, 0.6) is 0 Å². The predicted octanol–water partition coefficient (Wildman–Crippen LogP) is 4.30. The zero-order valence-electron chi connectivity index (χ0n) is 21.1. The van der Waals surface area contributed by atoms with Gasteiger partial charge in [-0.3, -0.25) is 9.59 Å². The van der Waals surface area contributed by atoms with Crippen molar-refractivity contribution < 1.29 is 24.5 Å². The maximum absolute atomic E-state index is 14.4. The van der Waals surface area contributed by atoms with Crippen LogP contribution in [0.15, 0.2) is 11.6 Å². The third-order valence-corrected chi connectivity index (χ3v) is 11.0. The van der Waals surface area contributed by atoms with Gasteiger partial charge >= 0.3 is 5.97 Å². The van der Waals surface area contributed by atoms with Crippen LogP contribution < -0.4 is 0 Å². The number of hydrogen-bond donors (Lipinski definition) is 2. The first kappa shape index (κ1) is 23.5. The number of hydrogen-bond acceptors (Lipinski definition) is 5. The molecule has 5 rings (SSSR count). The van der Waals surface area contributed by atoms with Crippen LogP contribution in [-0.4, -0.2) is 40.3 Å². The van der Waals surface area contributed by atoms with Crippen molar-refractivity contribution >= 4 is 11.8 Å². The van der Waals surface area contributed by atoms with E-state index in [-0.39, 0.29) is 29.0 Å². The lowest BCUT2D eigenvalue weighted by Gasteiger charge is -2.43. The molecule has 10 atom stereocenters. The summed E-state index contributed by atoms with van der Waals surface area (Å²) in [4.78, 5) is 27.8. The van der Waals surface area contributed by atoms with Gasteiger partial charge in [-0.1, -0.05) is 53.0 Å². The zero-order chi connectivity index (χ0) is 24.1. The molecule has 5 aliphatic rings. The van der Waals surface area contributed by atoms with Crippen molar-refractivity contribution in [2.45, 2.75) is 98.4 Å². The molecule has 5 aliphatic carbocycles. The maximum Gasteiger partial charge on any atom is 0.312 e. The molecule has 0 amide bonds. The summed E-state index contributed by atoms with van der Waals surface area (Å²) in [5.74, 6) is -1.04. The van der Waals surface area contributed by atoms with Gasteiger partial charge in [0.2, 0.25) is 0 Å². The van der Waals surface area contributed by atoms with Crippen molar-refractivity contribution in [3.05, 3.63) is 11.6 Å². The largest absolute Gasteiger partial charge is 0.457 e. The molecule has 0 heterocycles. The van der Waals surface area contributed by atoms with Gasteiger partial charge in [0.15, 0.2) is 0 Å². The summed E-state index contributed by atoms with van der Waals surface area (Å²) in [6.07, 6.45) is 5.37. The first-order valence-electron chi connectivity index (χ1n) is 13.2. The first-order chi connectivity index (χ1) is 15.4. The SMILES string of the molecule is CC1=C[C@]23C(=O)[C@@H]([C@H](O)[C@H](C)[C@@H](O)[C@@H]2[C@H]1OC(=O)C1(C)CCCCC1)[C@H]1[C@@H](C[C@H]3C)C1(C)C. The summed E-state index contributed by atoms with van der Waals surface area (Å²) in [5.41, 5.74) is -0.478. The molecule has 4 saturated carbocycles. The van der Waals surface area contributed by atoms with Gasteiger partial charge in [0.25, 0.3) is 0 Å². The van der Waals surface area contributed by atoms with E-state index in [0.29, 0.717) is 5.92 Å². The number of allylic oxidation sites excluding steroid dienone is 1. The molecule has 0 saturated heterocycles. The molecular weight excluding hydrogens is 416 g/mol. The quantitative estimate of drug-likeness (QED) is 0.476. The number of rotatable bonds is 2. The average molecular weight is 459 g/mol. The summed E-state index contributed by atoms with van der Waals surface area (Å²) in [6, 6.07) is 0. The lowest BCUT2D eigenvalue weighted by Crippen LogP contribution is -2.51. The van der Waals surface area contributed by atoms with Crippen LogP contribution in [0.2, 0.25) is 0 Å². The Balaban J connectivity index is 1.55. The molecule has 33 heavy (non-hydrogen) atoms. The second-order valence-corrected chi connectivity index (χ2v) is 13.1. The Morgan fingerprint density at radius 1 is 1.03 bits per heavy atom. The third-order valence-electron chi connectivity index (χ3n) is 11.0. The van der Waals surface area contributed by atoms with Crippen LogP contribution in [0.1, 0.15) is 80.1 Å². The molecule has 5 heteroatoms. The number of Topliss-reactive ketones (excluding diaryl/α,β-unsaturated/α-hetero) is 1. The van der Waals surface area contributed by atoms with Gasteiger partial charge in [0.1, 0.15) is 11.9 Å². The summed E-state index contributed by atoms with van der Waals surface area (Å²) < 4.78 is 6.25. The summed E-state index contributed by atoms with van der Waals surface area (Å²) >= 11 is 0. The highest BCUT2D eigenvalue weighted by molar-refractivity contribution is 5.93. The summed E-state index contributed by atoms with van der Waals surface area (Å²) in [7, 11) is 0. The molecule has 0 aromatic heterocycles. The van der Waals surface area contributed by atoms with E-state index in [0.717, 1.165) is 44.1 Å². The monoisotopic (exact) mass is 458 g/mol. The van der Waals surface area contributed by atoms with Crippen molar-refractivity contribution in [1.29, 1.82) is 0 Å². The fourth-order valence-corrected chi connectivity index (χ4v) is 8.66. The summed E-state index contributed by atoms with van der Waals surface area (Å²) in [5, 5.41) is 23.0. The minimum absolute atomic E-state index is 0.0188. The normalized spacial score (nSPS) is 49.8. The van der Waals surface area contributed by atoms with E-state index in [1.54, 1.807) is 0 Å². The smallest absolute Gasteiger partial charge is 0.312 e. The second kappa shape index (κ2) is 7.40. The van der Waals surface area contributed by atoms with Crippen molar-refractivity contribution in [3.63, 3.8) is 0 Å². The minimum atomic E-state index is -0.916. The molecule has 2 N–H and O–H groups in total. The lowest BCUT2D eigenvalue weighted by molar-refractivity contribution is -0.170. The number of carbonyl (C=O) groups excluding carboxylic acids is 2. The van der Waals surface area contributed by atoms with E-state index in [9.17, 15) is 19.8 Å². The van der Waals surface area contributed by atoms with Gasteiger partial charge in [0, 0.05) is 17.8 Å². The second-order valence-electron chi connectivity index (χ2n) is 13.1. The zero-order valence-corrected chi connectivity index (χ0v) is 21.1. The number of ketones is 1. The molecule has 0 radical (unpaired) electrons. The number of fused-ring (bicyclic) bond motifs is 3. The van der Waals surface area contributed by atoms with Crippen molar-refractivity contribution in [3.8, 4) is 0 Å². The molecule has 5 nitrogen and oxygen atoms in total. The highest BCUT2D eigenvalue weighted by atomic mass is 16.5. The topological polar surface area (TPSA) is 83.8 Å². The highest BCUT2D eigenvalue weighted by Crippen LogP contribution is 2.71. The Hall–Kier alpha value is -1.20. The number of aliphatic hydroxyl groups is 2. The molecule has 184 valence electrons. The molecule has 0 aliphatic heterocycles. The maximum atomic E-state index is 14.4. The van der Waals surface area contributed by atoms with Crippen LogP contribution in [-0.2, 0) is 14.3 Å². The number of aliphatic hydroxyl groups excluding tert-OH is 2. The highest BCUT2D eigenvalue weighted by Gasteiger charge is 2.73. The van der Waals surface area contributed by atoms with Gasteiger partial charge in [-0.25, -0.2) is 0 Å². The Morgan fingerprint density at radius 2 is 1.67 bits per heavy atom. The van der Waals surface area contributed by atoms with Crippen LogP contribution >= 0.6 is 0 Å². The van der Waals surface area contributed by atoms with E-state index in [4.69, 9.17) is 4.74 Å². The van der Waals surface area contributed by atoms with E-state index in [2.05, 4.69) is 20.8 Å².